The summed E-state index contributed by atoms with van der Waals surface area (Å²) in [5.74, 6) is 0.732. The first-order chi connectivity index (χ1) is 19.6. The van der Waals surface area contributed by atoms with E-state index >= 15 is 0 Å². The highest BCUT2D eigenvalue weighted by Crippen LogP contribution is 2.53. The third-order valence-electron chi connectivity index (χ3n) is 8.49. The van der Waals surface area contributed by atoms with Gasteiger partial charge in [-0.2, -0.15) is 0 Å². The summed E-state index contributed by atoms with van der Waals surface area (Å²) in [7, 11) is 0. The molecule has 0 amide bonds. The van der Waals surface area contributed by atoms with Crippen LogP contribution in [0.3, 0.4) is 0 Å². The third-order valence-corrected chi connectivity index (χ3v) is 8.49. The predicted molar refractivity (Wildman–Crippen MR) is 165 cm³/mol. The molecule has 0 atom stereocenters. The molecular weight excluding hydrogens is 486 g/mol. The Morgan fingerprint density at radius 1 is 0.600 bits per heavy atom. The number of aromatic nitrogens is 3. The lowest BCUT2D eigenvalue weighted by Gasteiger charge is -2.22. The largest absolute Gasteiger partial charge is 0.308 e. The van der Waals surface area contributed by atoms with Crippen LogP contribution in [0, 0.1) is 0 Å². The van der Waals surface area contributed by atoms with Gasteiger partial charge in [-0.05, 0) is 63.7 Å². The molecule has 0 fully saturated rings. The van der Waals surface area contributed by atoms with E-state index in [2.05, 4.69) is 138 Å². The number of hydrogen-bond acceptors (Lipinski definition) is 2. The normalized spacial score (nSPS) is 13.4. The Hall–Kier alpha value is -5.02. The monoisotopic (exact) mass is 513 g/mol. The first-order valence-corrected chi connectivity index (χ1v) is 13.8. The molecule has 0 N–H and O–H groups in total. The maximum atomic E-state index is 4.68. The smallest absolute Gasteiger partial charge is 0.161 e. The molecule has 0 unspecified atom stereocenters. The van der Waals surface area contributed by atoms with Gasteiger partial charge in [-0.25, -0.2) is 9.97 Å². The Kier molecular flexibility index (Phi) is 4.86. The minimum Gasteiger partial charge on any atom is -0.308 e. The number of benzene rings is 5. The van der Waals surface area contributed by atoms with Crippen LogP contribution >= 0.6 is 0 Å². The maximum Gasteiger partial charge on any atom is 0.161 e. The Bertz CT molecular complexity index is 2070. The van der Waals surface area contributed by atoms with Gasteiger partial charge in [-0.1, -0.05) is 98.8 Å². The molecule has 0 radical (unpaired) electrons. The minimum absolute atomic E-state index is 0.129. The molecule has 190 valence electrons. The lowest BCUT2D eigenvalue weighted by molar-refractivity contribution is 0.666. The van der Waals surface area contributed by atoms with E-state index in [9.17, 15) is 0 Å². The summed E-state index contributed by atoms with van der Waals surface area (Å²) >= 11 is 0. The average Bonchev–Trinajstić information content (AvgIpc) is 3.47. The molecule has 8 rings (SSSR count). The van der Waals surface area contributed by atoms with E-state index in [0.717, 1.165) is 22.6 Å². The lowest BCUT2D eigenvalue weighted by atomic mass is 9.80. The fourth-order valence-corrected chi connectivity index (χ4v) is 6.77. The summed E-state index contributed by atoms with van der Waals surface area (Å²) in [4.78, 5) is 9.36. The van der Waals surface area contributed by atoms with Crippen LogP contribution in [0.2, 0.25) is 0 Å². The van der Waals surface area contributed by atoms with Crippen LogP contribution in [0.15, 0.2) is 128 Å². The molecule has 0 saturated heterocycles. The first-order valence-electron chi connectivity index (χ1n) is 13.8. The molecule has 3 nitrogen and oxygen atoms in total. The van der Waals surface area contributed by atoms with Crippen molar-refractivity contribution >= 4 is 21.8 Å². The van der Waals surface area contributed by atoms with E-state index < -0.39 is 0 Å². The molecule has 2 heterocycles. The van der Waals surface area contributed by atoms with Gasteiger partial charge in [0.2, 0.25) is 0 Å². The molecule has 5 aromatic carbocycles. The molecule has 1 aliphatic carbocycles. The number of fused-ring (bicyclic) bond motifs is 7. The second-order valence-electron chi connectivity index (χ2n) is 11.1. The van der Waals surface area contributed by atoms with Crippen LogP contribution in [0.4, 0.5) is 0 Å². The van der Waals surface area contributed by atoms with Gasteiger partial charge < -0.3 is 4.57 Å². The molecule has 0 spiro atoms. The van der Waals surface area contributed by atoms with Crippen molar-refractivity contribution in [3.8, 4) is 39.3 Å². The Morgan fingerprint density at radius 2 is 1.32 bits per heavy atom. The van der Waals surface area contributed by atoms with Crippen molar-refractivity contribution < 1.29 is 0 Å². The van der Waals surface area contributed by atoms with E-state index in [-0.39, 0.29) is 5.41 Å². The number of hydrogen-bond donors (Lipinski definition) is 0. The Morgan fingerprint density at radius 3 is 2.17 bits per heavy atom. The zero-order valence-corrected chi connectivity index (χ0v) is 22.5. The minimum atomic E-state index is -0.129. The van der Waals surface area contributed by atoms with Gasteiger partial charge in [0.05, 0.1) is 11.0 Å². The van der Waals surface area contributed by atoms with E-state index in [0.29, 0.717) is 0 Å². The van der Waals surface area contributed by atoms with Gasteiger partial charge in [0, 0.05) is 39.8 Å². The third kappa shape index (κ3) is 3.18. The molecule has 40 heavy (non-hydrogen) atoms. The summed E-state index contributed by atoms with van der Waals surface area (Å²) in [5, 5.41) is 2.53. The van der Waals surface area contributed by atoms with E-state index in [1.54, 1.807) is 0 Å². The summed E-state index contributed by atoms with van der Waals surface area (Å²) in [6, 6.07) is 41.3. The SMILES string of the molecule is CC1(C)c2ccccc2-c2ccc3c(c21)c1cccc(-c2ncccn2)c1n3-c1cccc(-c2ccccc2)c1. The quantitative estimate of drug-likeness (QED) is 0.236. The van der Waals surface area contributed by atoms with Gasteiger partial charge in [-0.3, -0.25) is 0 Å². The number of nitrogens with zero attached hydrogens (tertiary/aromatic N) is 3. The molecule has 0 bridgehead atoms. The maximum absolute atomic E-state index is 4.68. The number of para-hydroxylation sites is 1. The van der Waals surface area contributed by atoms with Gasteiger partial charge in [0.15, 0.2) is 5.82 Å². The van der Waals surface area contributed by atoms with Gasteiger partial charge >= 0.3 is 0 Å². The van der Waals surface area contributed by atoms with Crippen molar-refractivity contribution in [2.75, 3.05) is 0 Å². The van der Waals surface area contributed by atoms with E-state index in [1.807, 2.05) is 18.5 Å². The van der Waals surface area contributed by atoms with Crippen LogP contribution in [-0.4, -0.2) is 14.5 Å². The van der Waals surface area contributed by atoms with E-state index in [1.165, 1.54) is 49.7 Å². The highest BCUT2D eigenvalue weighted by molar-refractivity contribution is 6.17. The molecule has 7 aromatic rings. The highest BCUT2D eigenvalue weighted by Gasteiger charge is 2.38. The van der Waals surface area contributed by atoms with Crippen molar-refractivity contribution in [3.63, 3.8) is 0 Å². The second-order valence-corrected chi connectivity index (χ2v) is 11.1. The zero-order valence-electron chi connectivity index (χ0n) is 22.5. The highest BCUT2D eigenvalue weighted by atomic mass is 15.0. The van der Waals surface area contributed by atoms with Crippen molar-refractivity contribution in [2.24, 2.45) is 0 Å². The van der Waals surface area contributed by atoms with E-state index in [4.69, 9.17) is 0 Å². The first kappa shape index (κ1) is 22.9. The van der Waals surface area contributed by atoms with Crippen LogP contribution in [-0.2, 0) is 5.41 Å². The molecule has 0 saturated carbocycles. The van der Waals surface area contributed by atoms with Crippen LogP contribution in [0.25, 0.3) is 61.1 Å². The fourth-order valence-electron chi connectivity index (χ4n) is 6.77. The predicted octanol–water partition coefficient (Wildman–Crippen LogP) is 9.21. The van der Waals surface area contributed by atoms with Gasteiger partial charge in [0.25, 0.3) is 0 Å². The second kappa shape index (κ2) is 8.49. The van der Waals surface area contributed by atoms with Gasteiger partial charge in [0.1, 0.15) is 0 Å². The van der Waals surface area contributed by atoms with Crippen molar-refractivity contribution in [3.05, 3.63) is 139 Å². The van der Waals surface area contributed by atoms with Crippen molar-refractivity contribution in [1.29, 1.82) is 0 Å². The average molecular weight is 514 g/mol. The molecule has 0 aliphatic heterocycles. The molecule has 1 aliphatic rings. The summed E-state index contributed by atoms with van der Waals surface area (Å²) < 4.78 is 2.42. The topological polar surface area (TPSA) is 30.7 Å². The summed E-state index contributed by atoms with van der Waals surface area (Å²) in [6.45, 7) is 4.72. The fraction of sp³-hybridized carbons (Fsp3) is 0.0811. The van der Waals surface area contributed by atoms with Crippen LogP contribution in [0.1, 0.15) is 25.0 Å². The Labute approximate surface area is 233 Å². The summed E-state index contributed by atoms with van der Waals surface area (Å²) in [5.41, 5.74) is 12.2. The Balaban J connectivity index is 1.52. The van der Waals surface area contributed by atoms with Crippen molar-refractivity contribution in [1.82, 2.24) is 14.5 Å². The van der Waals surface area contributed by atoms with Crippen molar-refractivity contribution in [2.45, 2.75) is 19.3 Å². The molecule has 3 heteroatoms. The summed E-state index contributed by atoms with van der Waals surface area (Å²) in [6.07, 6.45) is 3.64. The van der Waals surface area contributed by atoms with Crippen LogP contribution in [0.5, 0.6) is 0 Å². The standard InChI is InChI=1S/C37H27N3/c1-37(2)31-18-7-6-15-27(31)28-19-20-32-33(34(28)37)29-16-9-17-30(36-38-21-10-22-39-36)35(29)40(32)26-14-8-13-25(23-26)24-11-4-3-5-12-24/h3-23H,1-2H3. The number of rotatable bonds is 3. The van der Waals surface area contributed by atoms with Crippen LogP contribution < -0.4 is 0 Å². The zero-order chi connectivity index (χ0) is 26.8. The lowest BCUT2D eigenvalue weighted by Crippen LogP contribution is -2.15. The molecular formula is C37H27N3. The molecule has 2 aromatic heterocycles. The van der Waals surface area contributed by atoms with Gasteiger partial charge in [-0.15, -0.1) is 0 Å².